The zero-order valence-corrected chi connectivity index (χ0v) is 9.80. The minimum Gasteiger partial charge on any atom is -0.329 e. The van der Waals surface area contributed by atoms with Crippen LogP contribution in [0.2, 0.25) is 0 Å². The largest absolute Gasteiger partial charge is 0.329 e. The Labute approximate surface area is 91.1 Å². The standard InChI is InChI=1S/C10H12BrN3/c1-6-3-7(11)10-8(4-6)13-9(5-12)14(10)2/h3-4H,5,12H2,1-2H3. The van der Waals surface area contributed by atoms with Crippen LogP contribution >= 0.6 is 15.9 Å². The summed E-state index contributed by atoms with van der Waals surface area (Å²) in [7, 11) is 1.98. The molecule has 0 aliphatic carbocycles. The molecule has 2 aromatic rings. The van der Waals surface area contributed by atoms with Gasteiger partial charge in [0, 0.05) is 11.5 Å². The van der Waals surface area contributed by atoms with E-state index in [1.54, 1.807) is 0 Å². The van der Waals surface area contributed by atoms with Crippen LogP contribution < -0.4 is 5.73 Å². The summed E-state index contributed by atoms with van der Waals surface area (Å²) in [6.07, 6.45) is 0. The summed E-state index contributed by atoms with van der Waals surface area (Å²) < 4.78 is 3.10. The van der Waals surface area contributed by atoms with E-state index in [2.05, 4.69) is 40.0 Å². The first-order valence-electron chi connectivity index (χ1n) is 4.45. The monoisotopic (exact) mass is 253 g/mol. The summed E-state index contributed by atoms with van der Waals surface area (Å²) >= 11 is 3.54. The van der Waals surface area contributed by atoms with Gasteiger partial charge in [-0.1, -0.05) is 0 Å². The third-order valence-corrected chi connectivity index (χ3v) is 2.95. The molecular formula is C10H12BrN3. The smallest absolute Gasteiger partial charge is 0.123 e. The number of imidazole rings is 1. The van der Waals surface area contributed by atoms with Crippen LogP contribution in [0.5, 0.6) is 0 Å². The summed E-state index contributed by atoms with van der Waals surface area (Å²) in [5.74, 6) is 0.909. The first-order chi connectivity index (χ1) is 6.63. The highest BCUT2D eigenvalue weighted by Gasteiger charge is 2.09. The van der Waals surface area contributed by atoms with Crippen LogP contribution in [-0.4, -0.2) is 9.55 Å². The minimum absolute atomic E-state index is 0.469. The van der Waals surface area contributed by atoms with Crippen molar-refractivity contribution in [1.29, 1.82) is 0 Å². The summed E-state index contributed by atoms with van der Waals surface area (Å²) in [5, 5.41) is 0. The maximum atomic E-state index is 5.60. The molecule has 14 heavy (non-hydrogen) atoms. The number of rotatable bonds is 1. The van der Waals surface area contributed by atoms with Gasteiger partial charge in [-0.05, 0) is 40.5 Å². The van der Waals surface area contributed by atoms with Crippen molar-refractivity contribution < 1.29 is 0 Å². The molecule has 4 heteroatoms. The fourth-order valence-corrected chi connectivity index (χ4v) is 2.49. The second-order valence-electron chi connectivity index (χ2n) is 3.41. The van der Waals surface area contributed by atoms with Crippen molar-refractivity contribution in [1.82, 2.24) is 9.55 Å². The highest BCUT2D eigenvalue weighted by Crippen LogP contribution is 2.25. The zero-order chi connectivity index (χ0) is 10.3. The molecule has 0 bridgehead atoms. The molecule has 0 atom stereocenters. The molecule has 0 radical (unpaired) electrons. The second kappa shape index (κ2) is 3.37. The number of halogens is 1. The molecule has 0 amide bonds. The minimum atomic E-state index is 0.469. The van der Waals surface area contributed by atoms with Crippen molar-refractivity contribution in [3.05, 3.63) is 28.0 Å². The van der Waals surface area contributed by atoms with Crippen LogP contribution in [0.25, 0.3) is 11.0 Å². The van der Waals surface area contributed by atoms with Crippen LogP contribution in [-0.2, 0) is 13.6 Å². The van der Waals surface area contributed by atoms with E-state index in [-0.39, 0.29) is 0 Å². The predicted octanol–water partition coefficient (Wildman–Crippen LogP) is 2.10. The highest BCUT2D eigenvalue weighted by molar-refractivity contribution is 9.10. The SMILES string of the molecule is Cc1cc(Br)c2c(c1)nc(CN)n2C. The molecule has 0 aliphatic rings. The molecule has 0 saturated carbocycles. The van der Waals surface area contributed by atoms with E-state index in [0.717, 1.165) is 21.3 Å². The molecule has 1 heterocycles. The van der Waals surface area contributed by atoms with Crippen molar-refractivity contribution >= 4 is 27.0 Å². The van der Waals surface area contributed by atoms with E-state index in [9.17, 15) is 0 Å². The Kier molecular flexibility index (Phi) is 2.33. The normalized spacial score (nSPS) is 11.1. The quantitative estimate of drug-likeness (QED) is 0.846. The Hall–Kier alpha value is -0.870. The van der Waals surface area contributed by atoms with Crippen LogP contribution in [0.4, 0.5) is 0 Å². The number of fused-ring (bicyclic) bond motifs is 1. The third-order valence-electron chi connectivity index (χ3n) is 2.34. The van der Waals surface area contributed by atoms with Gasteiger partial charge in [0.1, 0.15) is 5.82 Å². The maximum absolute atomic E-state index is 5.60. The van der Waals surface area contributed by atoms with Gasteiger partial charge < -0.3 is 10.3 Å². The average molecular weight is 254 g/mol. The highest BCUT2D eigenvalue weighted by atomic mass is 79.9. The number of hydrogen-bond donors (Lipinski definition) is 1. The molecule has 1 aromatic heterocycles. The lowest BCUT2D eigenvalue weighted by Crippen LogP contribution is -2.04. The van der Waals surface area contributed by atoms with Gasteiger partial charge in [-0.2, -0.15) is 0 Å². The van der Waals surface area contributed by atoms with Gasteiger partial charge in [-0.15, -0.1) is 0 Å². The first kappa shape index (κ1) is 9.68. The Morgan fingerprint density at radius 3 is 2.86 bits per heavy atom. The van der Waals surface area contributed by atoms with Crippen LogP contribution in [0.3, 0.4) is 0 Å². The summed E-state index contributed by atoms with van der Waals surface area (Å²) in [5.41, 5.74) is 8.91. The molecule has 2 rings (SSSR count). The summed E-state index contributed by atoms with van der Waals surface area (Å²) in [6.45, 7) is 2.53. The van der Waals surface area contributed by atoms with E-state index in [0.29, 0.717) is 6.54 Å². The van der Waals surface area contributed by atoms with E-state index < -0.39 is 0 Å². The van der Waals surface area contributed by atoms with Crippen LogP contribution in [0.15, 0.2) is 16.6 Å². The average Bonchev–Trinajstić information content (AvgIpc) is 2.42. The molecule has 0 aliphatic heterocycles. The van der Waals surface area contributed by atoms with E-state index >= 15 is 0 Å². The Morgan fingerprint density at radius 1 is 1.50 bits per heavy atom. The van der Waals surface area contributed by atoms with Crippen molar-refractivity contribution in [2.75, 3.05) is 0 Å². The van der Waals surface area contributed by atoms with Gasteiger partial charge in [0.15, 0.2) is 0 Å². The van der Waals surface area contributed by atoms with Crippen molar-refractivity contribution in [3.63, 3.8) is 0 Å². The summed E-state index contributed by atoms with van der Waals surface area (Å²) in [6, 6.07) is 4.16. The fourth-order valence-electron chi connectivity index (χ4n) is 1.66. The molecular weight excluding hydrogens is 242 g/mol. The molecule has 0 fully saturated rings. The van der Waals surface area contributed by atoms with E-state index in [1.165, 1.54) is 5.56 Å². The first-order valence-corrected chi connectivity index (χ1v) is 5.24. The van der Waals surface area contributed by atoms with Gasteiger partial charge in [0.2, 0.25) is 0 Å². The number of benzene rings is 1. The number of aromatic nitrogens is 2. The predicted molar refractivity (Wildman–Crippen MR) is 61.0 cm³/mol. The zero-order valence-electron chi connectivity index (χ0n) is 8.21. The van der Waals surface area contributed by atoms with Crippen molar-refractivity contribution in [2.45, 2.75) is 13.5 Å². The van der Waals surface area contributed by atoms with Gasteiger partial charge in [-0.3, -0.25) is 0 Å². The molecule has 0 unspecified atom stereocenters. The lowest BCUT2D eigenvalue weighted by atomic mass is 10.2. The number of nitrogens with zero attached hydrogens (tertiary/aromatic N) is 2. The van der Waals surface area contributed by atoms with E-state index in [1.807, 2.05) is 11.6 Å². The number of aryl methyl sites for hydroxylation is 2. The third kappa shape index (κ3) is 1.35. The second-order valence-corrected chi connectivity index (χ2v) is 4.26. The molecule has 74 valence electrons. The Balaban J connectivity index is 2.85. The van der Waals surface area contributed by atoms with Crippen molar-refractivity contribution in [2.24, 2.45) is 12.8 Å². The van der Waals surface area contributed by atoms with Crippen LogP contribution in [0.1, 0.15) is 11.4 Å². The van der Waals surface area contributed by atoms with E-state index in [4.69, 9.17) is 5.73 Å². The number of hydrogen-bond acceptors (Lipinski definition) is 2. The summed E-state index contributed by atoms with van der Waals surface area (Å²) in [4.78, 5) is 4.46. The lowest BCUT2D eigenvalue weighted by molar-refractivity contribution is 0.812. The lowest BCUT2D eigenvalue weighted by Gasteiger charge is -2.01. The topological polar surface area (TPSA) is 43.8 Å². The van der Waals surface area contributed by atoms with Crippen molar-refractivity contribution in [3.8, 4) is 0 Å². The molecule has 2 N–H and O–H groups in total. The maximum Gasteiger partial charge on any atom is 0.123 e. The van der Waals surface area contributed by atoms with Gasteiger partial charge in [0.05, 0.1) is 17.6 Å². The number of nitrogens with two attached hydrogens (primary N) is 1. The van der Waals surface area contributed by atoms with Gasteiger partial charge >= 0.3 is 0 Å². The van der Waals surface area contributed by atoms with Gasteiger partial charge in [-0.25, -0.2) is 4.98 Å². The Bertz CT molecular complexity index is 488. The molecule has 3 nitrogen and oxygen atoms in total. The molecule has 1 aromatic carbocycles. The fraction of sp³-hybridized carbons (Fsp3) is 0.300. The van der Waals surface area contributed by atoms with Crippen LogP contribution in [0, 0.1) is 6.92 Å². The molecule has 0 spiro atoms. The Morgan fingerprint density at radius 2 is 2.21 bits per heavy atom. The molecule has 0 saturated heterocycles. The van der Waals surface area contributed by atoms with Gasteiger partial charge in [0.25, 0.3) is 0 Å².